The summed E-state index contributed by atoms with van der Waals surface area (Å²) in [6, 6.07) is 2.54. The van der Waals surface area contributed by atoms with Crippen LogP contribution < -0.4 is 0 Å². The van der Waals surface area contributed by atoms with Gasteiger partial charge in [-0.05, 0) is 17.9 Å². The van der Waals surface area contributed by atoms with Crippen LogP contribution in [-0.4, -0.2) is 5.75 Å². The zero-order valence-corrected chi connectivity index (χ0v) is 8.73. The summed E-state index contributed by atoms with van der Waals surface area (Å²) in [4.78, 5) is 0.752. The Morgan fingerprint density at radius 1 is 1.33 bits per heavy atom. The Kier molecular flexibility index (Phi) is 3.69. The smallest absolute Gasteiger partial charge is 0.126 e. The van der Waals surface area contributed by atoms with Gasteiger partial charge in [-0.25, -0.2) is 4.39 Å². The largest absolute Gasteiger partial charge is 0.207 e. The van der Waals surface area contributed by atoms with Gasteiger partial charge in [-0.15, -0.1) is 11.8 Å². The molecule has 1 aromatic carbocycles. The predicted molar refractivity (Wildman–Crippen MR) is 52.8 cm³/mol. The molecule has 4 heteroatoms. The third kappa shape index (κ3) is 2.28. The van der Waals surface area contributed by atoms with E-state index in [4.69, 9.17) is 23.2 Å². The molecule has 0 N–H and O–H groups in total. The lowest BCUT2D eigenvalue weighted by atomic mass is 10.3. The molecule has 1 rings (SSSR count). The van der Waals surface area contributed by atoms with Crippen LogP contribution >= 0.6 is 35.0 Å². The van der Waals surface area contributed by atoms with E-state index >= 15 is 0 Å². The Labute approximate surface area is 85.1 Å². The molecule has 0 heterocycles. The molecule has 0 aliphatic rings. The van der Waals surface area contributed by atoms with Crippen LogP contribution in [0.25, 0.3) is 0 Å². The SMILES string of the molecule is CCSc1c(Cl)cc(F)cc1Cl. The van der Waals surface area contributed by atoms with Gasteiger partial charge in [-0.3, -0.25) is 0 Å². The van der Waals surface area contributed by atoms with E-state index < -0.39 is 5.82 Å². The summed E-state index contributed by atoms with van der Waals surface area (Å²) >= 11 is 13.0. The number of hydrogen-bond donors (Lipinski definition) is 0. The Morgan fingerprint density at radius 2 is 1.83 bits per heavy atom. The molecule has 0 aromatic heterocycles. The first-order chi connectivity index (χ1) is 5.65. The molecule has 0 spiro atoms. The molecule has 12 heavy (non-hydrogen) atoms. The van der Waals surface area contributed by atoms with Crippen molar-refractivity contribution < 1.29 is 4.39 Å². The van der Waals surface area contributed by atoms with Gasteiger partial charge in [-0.2, -0.15) is 0 Å². The number of thioether (sulfide) groups is 1. The van der Waals surface area contributed by atoms with Crippen molar-refractivity contribution in [1.29, 1.82) is 0 Å². The van der Waals surface area contributed by atoms with Gasteiger partial charge in [0.2, 0.25) is 0 Å². The van der Waals surface area contributed by atoms with E-state index in [-0.39, 0.29) is 0 Å². The van der Waals surface area contributed by atoms with Crippen LogP contribution in [0.1, 0.15) is 6.92 Å². The van der Waals surface area contributed by atoms with Crippen LogP contribution in [0.3, 0.4) is 0 Å². The zero-order chi connectivity index (χ0) is 9.14. The summed E-state index contributed by atoms with van der Waals surface area (Å²) in [5, 5.41) is 0.763. The minimum absolute atomic E-state index is 0.381. The summed E-state index contributed by atoms with van der Waals surface area (Å²) in [6.45, 7) is 1.99. The molecule has 0 saturated carbocycles. The molecule has 0 fully saturated rings. The van der Waals surface area contributed by atoms with Crippen molar-refractivity contribution in [2.45, 2.75) is 11.8 Å². The van der Waals surface area contributed by atoms with Gasteiger partial charge in [0, 0.05) is 4.90 Å². The number of rotatable bonds is 2. The van der Waals surface area contributed by atoms with Crippen LogP contribution in [0.15, 0.2) is 17.0 Å². The van der Waals surface area contributed by atoms with Crippen molar-refractivity contribution in [2.24, 2.45) is 0 Å². The van der Waals surface area contributed by atoms with E-state index in [1.165, 1.54) is 23.9 Å². The fourth-order valence-electron chi connectivity index (χ4n) is 0.811. The van der Waals surface area contributed by atoms with Gasteiger partial charge in [0.05, 0.1) is 10.0 Å². The minimum atomic E-state index is -0.398. The van der Waals surface area contributed by atoms with Crippen LogP contribution in [-0.2, 0) is 0 Å². The monoisotopic (exact) mass is 224 g/mol. The summed E-state index contributed by atoms with van der Waals surface area (Å²) in [6.07, 6.45) is 0. The highest BCUT2D eigenvalue weighted by Gasteiger charge is 2.07. The summed E-state index contributed by atoms with van der Waals surface area (Å²) < 4.78 is 12.7. The fourth-order valence-corrected chi connectivity index (χ4v) is 2.28. The van der Waals surface area contributed by atoms with Gasteiger partial charge < -0.3 is 0 Å². The first-order valence-corrected chi connectivity index (χ1v) is 5.16. The molecule has 0 saturated heterocycles. The van der Waals surface area contributed by atoms with Crippen LogP contribution in [0, 0.1) is 5.82 Å². The van der Waals surface area contributed by atoms with Crippen molar-refractivity contribution in [1.82, 2.24) is 0 Å². The van der Waals surface area contributed by atoms with Crippen LogP contribution in [0.2, 0.25) is 10.0 Å². The Bertz CT molecular complexity index is 265. The first-order valence-electron chi connectivity index (χ1n) is 3.42. The third-order valence-electron chi connectivity index (χ3n) is 1.25. The first kappa shape index (κ1) is 10.2. The molecule has 1 aromatic rings. The van der Waals surface area contributed by atoms with Crippen LogP contribution in [0.5, 0.6) is 0 Å². The molecule has 0 bridgehead atoms. The second-order valence-electron chi connectivity index (χ2n) is 2.13. The molecule has 0 amide bonds. The molecular weight excluding hydrogens is 218 g/mol. The number of halogens is 3. The fraction of sp³-hybridized carbons (Fsp3) is 0.250. The van der Waals surface area contributed by atoms with Gasteiger partial charge in [-0.1, -0.05) is 30.1 Å². The summed E-state index contributed by atoms with van der Waals surface area (Å²) in [7, 11) is 0. The van der Waals surface area contributed by atoms with E-state index in [1.54, 1.807) is 0 Å². The molecule has 0 aliphatic heterocycles. The molecule has 66 valence electrons. The standard InChI is InChI=1S/C8H7Cl2FS/c1-2-12-8-6(9)3-5(11)4-7(8)10/h3-4H,2H2,1H3. The average molecular weight is 225 g/mol. The lowest BCUT2D eigenvalue weighted by Crippen LogP contribution is -1.81. The second-order valence-corrected chi connectivity index (χ2v) is 4.22. The van der Waals surface area contributed by atoms with Crippen LogP contribution in [0.4, 0.5) is 4.39 Å². The predicted octanol–water partition coefficient (Wildman–Crippen LogP) is 4.24. The normalized spacial score (nSPS) is 10.3. The van der Waals surface area contributed by atoms with E-state index in [0.717, 1.165) is 10.6 Å². The summed E-state index contributed by atoms with van der Waals surface area (Å²) in [5.41, 5.74) is 0. The maximum atomic E-state index is 12.7. The van der Waals surface area contributed by atoms with Crippen molar-refractivity contribution >= 4 is 35.0 Å². The lowest BCUT2D eigenvalue weighted by molar-refractivity contribution is 0.627. The third-order valence-corrected chi connectivity index (χ3v) is 3.09. The van der Waals surface area contributed by atoms with E-state index in [1.807, 2.05) is 6.92 Å². The average Bonchev–Trinajstić information content (AvgIpc) is 1.96. The summed E-state index contributed by atoms with van der Waals surface area (Å²) in [5.74, 6) is 0.468. The number of hydrogen-bond acceptors (Lipinski definition) is 1. The van der Waals surface area contributed by atoms with Crippen molar-refractivity contribution in [3.05, 3.63) is 28.0 Å². The highest BCUT2D eigenvalue weighted by molar-refractivity contribution is 7.99. The quantitative estimate of drug-likeness (QED) is 0.678. The molecule has 0 aliphatic carbocycles. The van der Waals surface area contributed by atoms with Gasteiger partial charge in [0.15, 0.2) is 0 Å². The zero-order valence-electron chi connectivity index (χ0n) is 6.40. The molecule has 0 radical (unpaired) electrons. The van der Waals surface area contributed by atoms with Gasteiger partial charge >= 0.3 is 0 Å². The second kappa shape index (κ2) is 4.35. The highest BCUT2D eigenvalue weighted by atomic mass is 35.5. The van der Waals surface area contributed by atoms with Crippen molar-refractivity contribution in [2.75, 3.05) is 5.75 Å². The number of benzene rings is 1. The minimum Gasteiger partial charge on any atom is -0.207 e. The molecule has 0 nitrogen and oxygen atoms in total. The molecule has 0 unspecified atom stereocenters. The maximum absolute atomic E-state index is 12.7. The Hall–Kier alpha value is 0.0800. The van der Waals surface area contributed by atoms with E-state index in [9.17, 15) is 4.39 Å². The lowest BCUT2D eigenvalue weighted by Gasteiger charge is -2.04. The maximum Gasteiger partial charge on any atom is 0.126 e. The van der Waals surface area contributed by atoms with Crippen molar-refractivity contribution in [3.63, 3.8) is 0 Å². The molecular formula is C8H7Cl2FS. The Balaban J connectivity index is 3.10. The highest BCUT2D eigenvalue weighted by Crippen LogP contribution is 2.34. The van der Waals surface area contributed by atoms with Crippen molar-refractivity contribution in [3.8, 4) is 0 Å². The van der Waals surface area contributed by atoms with E-state index in [2.05, 4.69) is 0 Å². The van der Waals surface area contributed by atoms with Gasteiger partial charge in [0.25, 0.3) is 0 Å². The van der Waals surface area contributed by atoms with Gasteiger partial charge in [0.1, 0.15) is 5.82 Å². The van der Waals surface area contributed by atoms with E-state index in [0.29, 0.717) is 10.0 Å². The Morgan fingerprint density at radius 3 is 2.25 bits per heavy atom. The molecule has 0 atom stereocenters. The topological polar surface area (TPSA) is 0 Å².